The van der Waals surface area contributed by atoms with E-state index in [0.717, 1.165) is 116 Å². The van der Waals surface area contributed by atoms with Gasteiger partial charge >= 0.3 is 25.7 Å². The van der Waals surface area contributed by atoms with Crippen LogP contribution < -0.4 is 0 Å². The molecule has 0 aromatic rings. The number of allylic oxidation sites excluding steroid dienone is 20. The highest BCUT2D eigenvalue weighted by atomic mass is 31.2. The van der Waals surface area contributed by atoms with E-state index in [1.165, 1.54) is 25.7 Å². The molecule has 3 atom stereocenters. The monoisotopic (exact) mass is 1020 g/mol. The second-order valence-electron chi connectivity index (χ2n) is 17.6. The van der Waals surface area contributed by atoms with E-state index in [1.807, 2.05) is 18.2 Å². The molecule has 72 heavy (non-hydrogen) atoms. The molecular formula is C60H97O11P. The number of aliphatic hydroxyl groups is 1. The highest BCUT2D eigenvalue weighted by Crippen LogP contribution is 2.43. The first-order valence-electron chi connectivity index (χ1n) is 27.4. The fourth-order valence-corrected chi connectivity index (χ4v) is 7.53. The molecule has 0 fully saturated rings. The maximum absolute atomic E-state index is 12.9. The summed E-state index contributed by atoms with van der Waals surface area (Å²) >= 11 is 0. The number of unbranched alkanes of at least 4 members (excludes halogenated alkanes) is 12. The van der Waals surface area contributed by atoms with E-state index >= 15 is 0 Å². The second-order valence-corrected chi connectivity index (χ2v) is 19.1. The summed E-state index contributed by atoms with van der Waals surface area (Å²) in [6, 6.07) is 0. The van der Waals surface area contributed by atoms with Crippen LogP contribution in [-0.4, -0.2) is 66.5 Å². The van der Waals surface area contributed by atoms with Gasteiger partial charge in [0.1, 0.15) is 12.7 Å². The lowest BCUT2D eigenvalue weighted by Crippen LogP contribution is -2.30. The van der Waals surface area contributed by atoms with Gasteiger partial charge in [0.2, 0.25) is 0 Å². The molecule has 0 bridgehead atoms. The molecule has 12 heteroatoms. The van der Waals surface area contributed by atoms with Crippen molar-refractivity contribution in [3.05, 3.63) is 122 Å². The van der Waals surface area contributed by atoms with Crippen LogP contribution in [0.5, 0.6) is 0 Å². The van der Waals surface area contributed by atoms with Crippen molar-refractivity contribution in [3.8, 4) is 0 Å². The number of carbonyl (C=O) groups is 3. The smallest absolute Gasteiger partial charge is 0.462 e. The van der Waals surface area contributed by atoms with Crippen LogP contribution in [0, 0.1) is 0 Å². The summed E-state index contributed by atoms with van der Waals surface area (Å²) in [6.07, 6.45) is 64.7. The first kappa shape index (κ1) is 67.9. The minimum Gasteiger partial charge on any atom is -0.462 e. The number of hydrogen-bond donors (Lipinski definition) is 2. The van der Waals surface area contributed by atoms with Gasteiger partial charge in [0.15, 0.2) is 6.10 Å². The van der Waals surface area contributed by atoms with Crippen LogP contribution in [0.3, 0.4) is 0 Å². The quantitative estimate of drug-likeness (QED) is 0.0197. The summed E-state index contributed by atoms with van der Waals surface area (Å²) in [7, 11) is -4.78. The largest absolute Gasteiger partial charge is 0.472 e. The summed E-state index contributed by atoms with van der Waals surface area (Å²) in [4.78, 5) is 48.4. The number of aliphatic hydroxyl groups excluding tert-OH is 1. The van der Waals surface area contributed by atoms with Crippen LogP contribution in [0.15, 0.2) is 122 Å². The van der Waals surface area contributed by atoms with E-state index in [2.05, 4.69) is 124 Å². The maximum atomic E-state index is 12.9. The molecular weight excluding hydrogens is 928 g/mol. The van der Waals surface area contributed by atoms with Crippen molar-refractivity contribution in [1.29, 1.82) is 0 Å². The van der Waals surface area contributed by atoms with Gasteiger partial charge in [-0.1, -0.05) is 187 Å². The van der Waals surface area contributed by atoms with Gasteiger partial charge in [0, 0.05) is 19.3 Å². The molecule has 0 saturated carbocycles. The average Bonchev–Trinajstić information content (AvgIpc) is 3.37. The minimum absolute atomic E-state index is 0.0469. The van der Waals surface area contributed by atoms with Gasteiger partial charge in [-0.05, 0) is 116 Å². The Labute approximate surface area is 437 Å². The van der Waals surface area contributed by atoms with E-state index in [0.29, 0.717) is 19.3 Å². The Morgan fingerprint density at radius 3 is 1.21 bits per heavy atom. The molecule has 0 aliphatic heterocycles. The van der Waals surface area contributed by atoms with Crippen molar-refractivity contribution in [2.24, 2.45) is 0 Å². The average molecular weight is 1030 g/mol. The van der Waals surface area contributed by atoms with Crippen LogP contribution in [0.25, 0.3) is 0 Å². The molecule has 0 heterocycles. The third-order valence-electron chi connectivity index (χ3n) is 10.9. The van der Waals surface area contributed by atoms with Gasteiger partial charge < -0.3 is 24.2 Å². The highest BCUT2D eigenvalue weighted by Gasteiger charge is 2.28. The Morgan fingerprint density at radius 2 is 0.750 bits per heavy atom. The van der Waals surface area contributed by atoms with Crippen LogP contribution in [-0.2, 0) is 42.2 Å². The molecule has 3 unspecified atom stereocenters. The molecule has 408 valence electrons. The van der Waals surface area contributed by atoms with Crippen molar-refractivity contribution in [3.63, 3.8) is 0 Å². The van der Waals surface area contributed by atoms with Gasteiger partial charge in [0.25, 0.3) is 0 Å². The number of ether oxygens (including phenoxy) is 3. The molecule has 0 aliphatic carbocycles. The summed E-state index contributed by atoms with van der Waals surface area (Å²) in [5.74, 6) is -1.62. The second kappa shape index (κ2) is 53.2. The van der Waals surface area contributed by atoms with Crippen LogP contribution in [0.1, 0.15) is 201 Å². The Bertz CT molecular complexity index is 1670. The van der Waals surface area contributed by atoms with Gasteiger partial charge in [-0.15, -0.1) is 0 Å². The van der Waals surface area contributed by atoms with Crippen molar-refractivity contribution in [2.45, 2.75) is 213 Å². The Morgan fingerprint density at radius 1 is 0.403 bits per heavy atom. The predicted molar refractivity (Wildman–Crippen MR) is 297 cm³/mol. The Kier molecular flexibility index (Phi) is 50.1. The zero-order valence-corrected chi connectivity index (χ0v) is 45.7. The zero-order chi connectivity index (χ0) is 52.7. The third kappa shape index (κ3) is 50.8. The van der Waals surface area contributed by atoms with E-state index in [9.17, 15) is 28.9 Å². The molecule has 0 rings (SSSR count). The molecule has 0 aromatic heterocycles. The Hall–Kier alpha value is -4.12. The fraction of sp³-hybridized carbons (Fsp3) is 0.617. The van der Waals surface area contributed by atoms with Crippen LogP contribution in [0.4, 0.5) is 0 Å². The number of phosphoric acid groups is 1. The van der Waals surface area contributed by atoms with E-state index in [1.54, 1.807) is 0 Å². The third-order valence-corrected chi connectivity index (χ3v) is 11.8. The predicted octanol–water partition coefficient (Wildman–Crippen LogP) is 16.0. The lowest BCUT2D eigenvalue weighted by Gasteiger charge is -2.21. The van der Waals surface area contributed by atoms with Gasteiger partial charge in [0.05, 0.1) is 19.8 Å². The highest BCUT2D eigenvalue weighted by molar-refractivity contribution is 7.47. The lowest BCUT2D eigenvalue weighted by molar-refractivity contribution is -0.161. The molecule has 2 N–H and O–H groups in total. The van der Waals surface area contributed by atoms with Crippen molar-refractivity contribution in [1.82, 2.24) is 0 Å². The number of esters is 3. The molecule has 11 nitrogen and oxygen atoms in total. The standard InChI is InChI=1S/C60H97O11P/c1-4-7-10-13-16-19-22-25-26-27-28-29-30-33-36-39-42-45-48-51-60(64)71-57(53-67-58(62)49-46-43-40-37-34-31-23-20-17-14-11-8-5-2)55-69-72(65,66)68-54-56(52-61)70-59(63)50-47-44-41-38-35-32-24-21-18-15-12-9-6-3/h8-9,11-12,16-21,25-26,28-29,31-32,34-35,41,44,56-57,61H,4-7,10,13-15,22-24,27,30,33,36-40,42-43,45-55H2,1-3H3,(H,65,66)/b11-8-,12-9-,19-16-,20-17-,21-18-,26-25-,29-28-,34-31-,35-32-,44-41-. The minimum atomic E-state index is -4.78. The number of hydrogen-bond acceptors (Lipinski definition) is 10. The van der Waals surface area contributed by atoms with Crippen LogP contribution >= 0.6 is 7.82 Å². The van der Waals surface area contributed by atoms with Gasteiger partial charge in [-0.2, -0.15) is 0 Å². The molecule has 0 saturated heterocycles. The first-order valence-corrected chi connectivity index (χ1v) is 28.9. The first-order chi connectivity index (χ1) is 35.2. The topological polar surface area (TPSA) is 155 Å². The summed E-state index contributed by atoms with van der Waals surface area (Å²) in [5, 5.41) is 9.77. The summed E-state index contributed by atoms with van der Waals surface area (Å²) < 4.78 is 39.3. The number of phosphoric ester groups is 1. The van der Waals surface area contributed by atoms with Gasteiger partial charge in [-0.3, -0.25) is 23.4 Å². The molecule has 0 aliphatic rings. The maximum Gasteiger partial charge on any atom is 0.472 e. The molecule has 0 spiro atoms. The van der Waals surface area contributed by atoms with Crippen molar-refractivity contribution in [2.75, 3.05) is 26.4 Å². The Balaban J connectivity index is 4.86. The molecule has 0 radical (unpaired) electrons. The van der Waals surface area contributed by atoms with Gasteiger partial charge in [-0.25, -0.2) is 4.57 Å². The lowest BCUT2D eigenvalue weighted by atomic mass is 10.1. The van der Waals surface area contributed by atoms with Crippen molar-refractivity contribution >= 4 is 25.7 Å². The van der Waals surface area contributed by atoms with Crippen molar-refractivity contribution < 1.29 is 52.2 Å². The van der Waals surface area contributed by atoms with E-state index in [-0.39, 0.29) is 25.9 Å². The summed E-state index contributed by atoms with van der Waals surface area (Å²) in [6.45, 7) is 4.22. The number of rotatable bonds is 49. The normalized spacial score (nSPS) is 14.3. The van der Waals surface area contributed by atoms with E-state index < -0.39 is 57.8 Å². The van der Waals surface area contributed by atoms with Crippen LogP contribution in [0.2, 0.25) is 0 Å². The SMILES string of the molecule is CC/C=C\C/C=C\C/C=C\C/C=C\CCC(=O)OC(CO)COP(=O)(O)OCC(COC(=O)CCCCC/C=C\C/C=C\C/C=C\CC)OC(=O)CCCCCCCC/C=C\C/C=C\C/C=C\CCCCC. The summed E-state index contributed by atoms with van der Waals surface area (Å²) in [5.41, 5.74) is 0. The molecule has 0 amide bonds. The fourth-order valence-electron chi connectivity index (χ4n) is 6.74. The number of carbonyl (C=O) groups excluding carboxylic acids is 3. The zero-order valence-electron chi connectivity index (χ0n) is 44.8. The molecule has 0 aromatic carbocycles. The van der Waals surface area contributed by atoms with E-state index in [4.69, 9.17) is 23.3 Å².